The Kier molecular flexibility index (Phi) is 4.77. The number of allylic oxidation sites excluding steroid dienone is 2. The summed E-state index contributed by atoms with van der Waals surface area (Å²) in [6.45, 7) is 19.5. The van der Waals surface area contributed by atoms with Gasteiger partial charge in [-0.2, -0.15) is 0 Å². The molecule has 1 heterocycles. The Morgan fingerprint density at radius 1 is 1.37 bits per heavy atom. The van der Waals surface area contributed by atoms with Gasteiger partial charge in [-0.25, -0.2) is 0 Å². The summed E-state index contributed by atoms with van der Waals surface area (Å²) in [4.78, 5) is 0. The third-order valence-electron chi connectivity index (χ3n) is 4.80. The number of hydrogen-bond donors (Lipinski definition) is 0. The van der Waals surface area contributed by atoms with Gasteiger partial charge in [-0.3, -0.25) is 0 Å². The molecule has 19 heavy (non-hydrogen) atoms. The molecular formula is C17H32OSi. The van der Waals surface area contributed by atoms with E-state index in [-0.39, 0.29) is 5.41 Å². The van der Waals surface area contributed by atoms with E-state index in [9.17, 15) is 0 Å². The predicted octanol–water partition coefficient (Wildman–Crippen LogP) is 5.70. The fourth-order valence-corrected chi connectivity index (χ4v) is 4.09. The van der Waals surface area contributed by atoms with Gasteiger partial charge in [0.15, 0.2) is 0 Å². The molecule has 1 atom stereocenters. The summed E-state index contributed by atoms with van der Waals surface area (Å²) >= 11 is 0. The highest BCUT2D eigenvalue weighted by Crippen LogP contribution is 2.46. The second-order valence-electron chi connectivity index (χ2n) is 8.15. The Hall–Kier alpha value is -0.503. The molecule has 1 rings (SSSR count). The molecule has 0 aliphatic carbocycles. The maximum absolute atomic E-state index is 6.12. The largest absolute Gasteiger partial charge is 0.502 e. The molecule has 0 spiro atoms. The highest BCUT2D eigenvalue weighted by atomic mass is 28.3. The molecule has 110 valence electrons. The van der Waals surface area contributed by atoms with Crippen LogP contribution in [0.1, 0.15) is 54.4 Å². The minimum absolute atomic E-state index is 0.233. The van der Waals surface area contributed by atoms with Crippen molar-refractivity contribution in [3.05, 3.63) is 23.1 Å². The normalized spacial score (nSPS) is 23.9. The maximum atomic E-state index is 6.12. The molecule has 1 nitrogen and oxygen atoms in total. The van der Waals surface area contributed by atoms with Crippen LogP contribution in [0, 0.1) is 5.41 Å². The summed E-state index contributed by atoms with van der Waals surface area (Å²) in [5.74, 6) is 0. The fourth-order valence-electron chi connectivity index (χ4n) is 2.21. The van der Waals surface area contributed by atoms with Crippen molar-refractivity contribution in [2.75, 3.05) is 6.61 Å². The first kappa shape index (κ1) is 16.6. The smallest absolute Gasteiger partial charge is 0.130 e. The lowest BCUT2D eigenvalue weighted by Crippen LogP contribution is -2.39. The maximum Gasteiger partial charge on any atom is 0.130 e. The van der Waals surface area contributed by atoms with Gasteiger partial charge in [-0.15, -0.1) is 0 Å². The number of ether oxygens (including phenoxy) is 1. The minimum atomic E-state index is -1.50. The van der Waals surface area contributed by atoms with Crippen molar-refractivity contribution in [3.8, 4) is 0 Å². The van der Waals surface area contributed by atoms with E-state index in [2.05, 4.69) is 66.8 Å². The Balaban J connectivity index is 2.81. The average Bonchev–Trinajstić information content (AvgIpc) is 2.59. The molecule has 0 saturated carbocycles. The molecule has 0 fully saturated rings. The molecule has 0 amide bonds. The van der Waals surface area contributed by atoms with Gasteiger partial charge in [-0.1, -0.05) is 52.4 Å². The molecule has 0 aromatic carbocycles. The second kappa shape index (κ2) is 5.47. The summed E-state index contributed by atoms with van der Waals surface area (Å²) in [7, 11) is -1.50. The zero-order valence-corrected chi connectivity index (χ0v) is 15.2. The van der Waals surface area contributed by atoms with E-state index in [0.717, 1.165) is 13.0 Å². The second-order valence-corrected chi connectivity index (χ2v) is 13.4. The third kappa shape index (κ3) is 3.98. The van der Waals surface area contributed by atoms with Gasteiger partial charge in [0, 0.05) is 5.41 Å². The predicted molar refractivity (Wildman–Crippen MR) is 88.0 cm³/mol. The molecule has 0 N–H and O–H groups in total. The molecule has 1 unspecified atom stereocenters. The first-order chi connectivity index (χ1) is 8.48. The lowest BCUT2D eigenvalue weighted by atomic mass is 9.87. The van der Waals surface area contributed by atoms with E-state index >= 15 is 0 Å². The topological polar surface area (TPSA) is 9.23 Å². The Morgan fingerprint density at radius 3 is 2.42 bits per heavy atom. The number of rotatable bonds is 4. The average molecular weight is 281 g/mol. The van der Waals surface area contributed by atoms with Crippen LogP contribution >= 0.6 is 0 Å². The highest BCUT2D eigenvalue weighted by Gasteiger charge is 2.44. The van der Waals surface area contributed by atoms with Gasteiger partial charge in [0.25, 0.3) is 0 Å². The molecule has 0 radical (unpaired) electrons. The first-order valence-electron chi connectivity index (χ1n) is 7.47. The zero-order valence-electron chi connectivity index (χ0n) is 14.2. The Morgan fingerprint density at radius 2 is 1.95 bits per heavy atom. The van der Waals surface area contributed by atoms with Gasteiger partial charge in [0.05, 0.1) is 12.0 Å². The lowest BCUT2D eigenvalue weighted by Gasteiger charge is -2.36. The van der Waals surface area contributed by atoms with E-state index in [1.54, 1.807) is 0 Å². The molecule has 0 aromatic rings. The molecular weight excluding hydrogens is 248 g/mol. The van der Waals surface area contributed by atoms with Crippen LogP contribution in [0.4, 0.5) is 0 Å². The van der Waals surface area contributed by atoms with Crippen LogP contribution in [0.5, 0.6) is 0 Å². The van der Waals surface area contributed by atoms with E-state index in [1.807, 2.05) is 0 Å². The van der Waals surface area contributed by atoms with Gasteiger partial charge in [0.2, 0.25) is 0 Å². The van der Waals surface area contributed by atoms with Gasteiger partial charge in [0.1, 0.15) is 8.07 Å². The van der Waals surface area contributed by atoms with Crippen molar-refractivity contribution in [2.24, 2.45) is 5.41 Å². The zero-order chi connectivity index (χ0) is 14.9. The van der Waals surface area contributed by atoms with Crippen molar-refractivity contribution in [3.63, 3.8) is 0 Å². The molecule has 0 bridgehead atoms. The third-order valence-corrected chi connectivity index (χ3v) is 10.1. The van der Waals surface area contributed by atoms with Crippen LogP contribution < -0.4 is 0 Å². The monoisotopic (exact) mass is 280 g/mol. The summed E-state index contributed by atoms with van der Waals surface area (Å²) in [5, 5.41) is 1.67. The lowest BCUT2D eigenvalue weighted by molar-refractivity contribution is 0.181. The molecule has 1 aliphatic heterocycles. The molecule has 2 heteroatoms. The molecule has 0 aromatic heterocycles. The SMILES string of the molecule is CC(C)=CCCC1(C)C=C([Si](C)(C)C(C)(C)C)OC1. The molecule has 0 saturated heterocycles. The van der Waals surface area contributed by atoms with Crippen molar-refractivity contribution in [2.45, 2.75) is 72.5 Å². The van der Waals surface area contributed by atoms with Gasteiger partial charge < -0.3 is 4.74 Å². The van der Waals surface area contributed by atoms with E-state index in [0.29, 0.717) is 5.04 Å². The van der Waals surface area contributed by atoms with Crippen molar-refractivity contribution in [1.29, 1.82) is 0 Å². The summed E-state index contributed by atoms with van der Waals surface area (Å²) in [5.41, 5.74) is 1.65. The van der Waals surface area contributed by atoms with Crippen LogP contribution in [0.2, 0.25) is 18.1 Å². The Labute approximate surface area is 121 Å². The standard InChI is InChI=1S/C17H32OSi/c1-14(2)10-9-11-17(6)12-15(18-13-17)19(7,8)16(3,4)5/h10,12H,9,11,13H2,1-8H3. The summed E-state index contributed by atoms with van der Waals surface area (Å²) < 4.78 is 6.12. The van der Waals surface area contributed by atoms with Crippen LogP contribution in [0.15, 0.2) is 23.1 Å². The van der Waals surface area contributed by atoms with Crippen molar-refractivity contribution < 1.29 is 4.74 Å². The Bertz CT molecular complexity index is 381. The van der Waals surface area contributed by atoms with Gasteiger partial charge >= 0.3 is 0 Å². The van der Waals surface area contributed by atoms with Crippen LogP contribution in [0.25, 0.3) is 0 Å². The van der Waals surface area contributed by atoms with Crippen molar-refractivity contribution in [1.82, 2.24) is 0 Å². The first-order valence-corrected chi connectivity index (χ1v) is 10.5. The van der Waals surface area contributed by atoms with Crippen molar-refractivity contribution >= 4 is 8.07 Å². The molecule has 1 aliphatic rings. The van der Waals surface area contributed by atoms with Gasteiger partial charge in [-0.05, 0) is 37.8 Å². The summed E-state index contributed by atoms with van der Waals surface area (Å²) in [6.07, 6.45) is 7.13. The van der Waals surface area contributed by atoms with Crippen LogP contribution in [-0.4, -0.2) is 14.7 Å². The fraction of sp³-hybridized carbons (Fsp3) is 0.765. The quantitative estimate of drug-likeness (QED) is 0.474. The van der Waals surface area contributed by atoms with Crippen LogP contribution in [0.3, 0.4) is 0 Å². The summed E-state index contributed by atoms with van der Waals surface area (Å²) in [6, 6.07) is 0. The van der Waals surface area contributed by atoms with E-state index < -0.39 is 8.07 Å². The highest BCUT2D eigenvalue weighted by molar-refractivity contribution is 6.86. The van der Waals surface area contributed by atoms with E-state index in [4.69, 9.17) is 4.74 Å². The van der Waals surface area contributed by atoms with Crippen LogP contribution in [-0.2, 0) is 4.74 Å². The van der Waals surface area contributed by atoms with E-state index in [1.165, 1.54) is 17.4 Å². The number of hydrogen-bond acceptors (Lipinski definition) is 1. The minimum Gasteiger partial charge on any atom is -0.502 e.